The molecule has 4 amide bonds. The number of nitrogens with one attached hydrogen (secondary N) is 2. The van der Waals surface area contributed by atoms with Crippen molar-refractivity contribution in [2.24, 2.45) is 0 Å². The number of amides is 4. The smallest absolute Gasteiger partial charge is 0.325 e. The molecule has 0 radical (unpaired) electrons. The number of carbonyl (C=O) groups excluding carboxylic acids is 3. The van der Waals surface area contributed by atoms with E-state index in [-0.39, 0.29) is 24.4 Å². The van der Waals surface area contributed by atoms with Crippen LogP contribution in [0.5, 0.6) is 0 Å². The number of aryl methyl sites for hydroxylation is 1. The van der Waals surface area contributed by atoms with Gasteiger partial charge in [0, 0.05) is 31.4 Å². The lowest BCUT2D eigenvalue weighted by molar-refractivity contribution is -0.134. The van der Waals surface area contributed by atoms with Gasteiger partial charge in [-0.05, 0) is 19.8 Å². The standard InChI is InChI=1S/C15H21N5O3/c1-3-15(2)13(22)20(14(23)18-15)9-12(21)17-10-4-5-11-16-6-7-19(11)8-10/h6-7,10H,3-5,8-9H2,1-2H3,(H,17,21)(H,18,23)/t10-,15+/m0/s1. The molecule has 23 heavy (non-hydrogen) atoms. The largest absolute Gasteiger partial charge is 0.350 e. The minimum atomic E-state index is -0.909. The lowest BCUT2D eigenvalue weighted by Crippen LogP contribution is -2.47. The fourth-order valence-electron chi connectivity index (χ4n) is 3.03. The molecular weight excluding hydrogens is 298 g/mol. The minimum absolute atomic E-state index is 0.0116. The van der Waals surface area contributed by atoms with Gasteiger partial charge in [-0.3, -0.25) is 14.5 Å². The monoisotopic (exact) mass is 319 g/mol. The van der Waals surface area contributed by atoms with E-state index in [1.54, 1.807) is 13.1 Å². The summed E-state index contributed by atoms with van der Waals surface area (Å²) in [5, 5.41) is 5.54. The van der Waals surface area contributed by atoms with Crippen LogP contribution >= 0.6 is 0 Å². The normalized spacial score (nSPS) is 26.9. The average Bonchev–Trinajstić information content (AvgIpc) is 3.06. The van der Waals surface area contributed by atoms with Crippen LogP contribution < -0.4 is 10.6 Å². The SMILES string of the molecule is CC[C@@]1(C)NC(=O)N(CC(=O)N[C@H]2CCc3nccn3C2)C1=O. The molecule has 0 aliphatic carbocycles. The predicted molar refractivity (Wildman–Crippen MR) is 81.4 cm³/mol. The van der Waals surface area contributed by atoms with Crippen LogP contribution in [0.1, 0.15) is 32.5 Å². The lowest BCUT2D eigenvalue weighted by atomic mass is 9.99. The minimum Gasteiger partial charge on any atom is -0.350 e. The number of hydrogen-bond donors (Lipinski definition) is 2. The van der Waals surface area contributed by atoms with Crippen molar-refractivity contribution >= 4 is 17.8 Å². The van der Waals surface area contributed by atoms with Crippen molar-refractivity contribution in [1.82, 2.24) is 25.1 Å². The van der Waals surface area contributed by atoms with Gasteiger partial charge in [0.15, 0.2) is 0 Å². The number of nitrogens with zero attached hydrogens (tertiary/aromatic N) is 3. The Morgan fingerprint density at radius 3 is 3.00 bits per heavy atom. The van der Waals surface area contributed by atoms with Crippen molar-refractivity contribution in [3.63, 3.8) is 0 Å². The number of aromatic nitrogens is 2. The number of imidazole rings is 1. The van der Waals surface area contributed by atoms with Gasteiger partial charge in [-0.1, -0.05) is 6.92 Å². The number of imide groups is 1. The maximum atomic E-state index is 12.3. The molecule has 1 aromatic heterocycles. The lowest BCUT2D eigenvalue weighted by Gasteiger charge is -2.25. The maximum absolute atomic E-state index is 12.3. The highest BCUT2D eigenvalue weighted by molar-refractivity contribution is 6.08. The Hall–Kier alpha value is -2.38. The number of carbonyl (C=O) groups is 3. The summed E-state index contributed by atoms with van der Waals surface area (Å²) in [6, 6.07) is -0.516. The van der Waals surface area contributed by atoms with Gasteiger partial charge in [0.1, 0.15) is 17.9 Å². The van der Waals surface area contributed by atoms with Crippen molar-refractivity contribution in [3.8, 4) is 0 Å². The van der Waals surface area contributed by atoms with Gasteiger partial charge in [0.25, 0.3) is 5.91 Å². The molecule has 1 saturated heterocycles. The van der Waals surface area contributed by atoms with Gasteiger partial charge in [-0.15, -0.1) is 0 Å². The molecule has 2 atom stereocenters. The van der Waals surface area contributed by atoms with E-state index >= 15 is 0 Å². The molecule has 0 aromatic carbocycles. The van der Waals surface area contributed by atoms with E-state index in [9.17, 15) is 14.4 Å². The number of fused-ring (bicyclic) bond motifs is 1. The summed E-state index contributed by atoms with van der Waals surface area (Å²) < 4.78 is 2.01. The Balaban J connectivity index is 1.58. The quantitative estimate of drug-likeness (QED) is 0.766. The molecule has 124 valence electrons. The molecule has 0 saturated carbocycles. The van der Waals surface area contributed by atoms with Gasteiger partial charge >= 0.3 is 6.03 Å². The third-order valence-corrected chi connectivity index (χ3v) is 4.65. The molecule has 3 heterocycles. The Morgan fingerprint density at radius 2 is 2.30 bits per heavy atom. The molecule has 2 N–H and O–H groups in total. The molecule has 8 heteroatoms. The van der Waals surface area contributed by atoms with Crippen molar-refractivity contribution < 1.29 is 14.4 Å². The second kappa shape index (κ2) is 5.68. The average molecular weight is 319 g/mol. The van der Waals surface area contributed by atoms with Crippen molar-refractivity contribution in [2.75, 3.05) is 6.54 Å². The zero-order valence-electron chi connectivity index (χ0n) is 13.3. The highest BCUT2D eigenvalue weighted by atomic mass is 16.2. The van der Waals surface area contributed by atoms with E-state index < -0.39 is 11.6 Å². The summed E-state index contributed by atoms with van der Waals surface area (Å²) in [6.07, 6.45) is 5.72. The van der Waals surface area contributed by atoms with Crippen LogP contribution in [-0.4, -0.2) is 50.4 Å². The van der Waals surface area contributed by atoms with E-state index in [2.05, 4.69) is 15.6 Å². The Labute approximate surface area is 134 Å². The van der Waals surface area contributed by atoms with E-state index in [1.165, 1.54) is 0 Å². The summed E-state index contributed by atoms with van der Waals surface area (Å²) in [6.45, 7) is 3.92. The van der Waals surface area contributed by atoms with Crippen LogP contribution in [0, 0.1) is 0 Å². The van der Waals surface area contributed by atoms with Crippen molar-refractivity contribution in [1.29, 1.82) is 0 Å². The van der Waals surface area contributed by atoms with Crippen molar-refractivity contribution in [2.45, 2.75) is 51.2 Å². The van der Waals surface area contributed by atoms with Crippen LogP contribution in [0.25, 0.3) is 0 Å². The highest BCUT2D eigenvalue weighted by Crippen LogP contribution is 2.20. The molecule has 2 aliphatic rings. The van der Waals surface area contributed by atoms with Gasteiger partial charge in [-0.2, -0.15) is 0 Å². The molecular formula is C15H21N5O3. The Kier molecular flexibility index (Phi) is 3.83. The third kappa shape index (κ3) is 2.80. The molecule has 3 rings (SSSR count). The topological polar surface area (TPSA) is 96.3 Å². The van der Waals surface area contributed by atoms with Crippen LogP contribution in [0.15, 0.2) is 12.4 Å². The first-order valence-corrected chi connectivity index (χ1v) is 7.86. The molecule has 1 fully saturated rings. The fourth-order valence-corrected chi connectivity index (χ4v) is 3.03. The second-order valence-electron chi connectivity index (χ2n) is 6.31. The van der Waals surface area contributed by atoms with E-state index in [0.717, 1.165) is 23.6 Å². The second-order valence-corrected chi connectivity index (χ2v) is 6.31. The molecule has 0 spiro atoms. The van der Waals surface area contributed by atoms with Gasteiger partial charge in [-0.25, -0.2) is 9.78 Å². The summed E-state index contributed by atoms with van der Waals surface area (Å²) in [5.74, 6) is 0.353. The van der Waals surface area contributed by atoms with Gasteiger partial charge in [0.05, 0.1) is 0 Å². The molecule has 8 nitrogen and oxygen atoms in total. The zero-order valence-corrected chi connectivity index (χ0v) is 13.3. The highest BCUT2D eigenvalue weighted by Gasteiger charge is 2.47. The van der Waals surface area contributed by atoms with Gasteiger partial charge < -0.3 is 15.2 Å². The predicted octanol–water partition coefficient (Wildman–Crippen LogP) is 0.0346. The summed E-state index contributed by atoms with van der Waals surface area (Å²) in [4.78, 5) is 41.6. The van der Waals surface area contributed by atoms with Crippen LogP contribution in [0.3, 0.4) is 0 Å². The number of hydrogen-bond acceptors (Lipinski definition) is 4. The van der Waals surface area contributed by atoms with Crippen molar-refractivity contribution in [3.05, 3.63) is 18.2 Å². The molecule has 0 unspecified atom stereocenters. The van der Waals surface area contributed by atoms with E-state index in [4.69, 9.17) is 0 Å². The first-order valence-electron chi connectivity index (χ1n) is 7.86. The van der Waals surface area contributed by atoms with Crippen LogP contribution in [0.2, 0.25) is 0 Å². The Bertz CT molecular complexity index is 655. The summed E-state index contributed by atoms with van der Waals surface area (Å²) >= 11 is 0. The molecule has 0 bridgehead atoms. The first-order chi connectivity index (χ1) is 10.9. The molecule has 1 aromatic rings. The third-order valence-electron chi connectivity index (χ3n) is 4.65. The number of urea groups is 1. The van der Waals surface area contributed by atoms with Gasteiger partial charge in [0.2, 0.25) is 5.91 Å². The van der Waals surface area contributed by atoms with E-state index in [1.807, 2.05) is 17.7 Å². The van der Waals surface area contributed by atoms with E-state index in [0.29, 0.717) is 13.0 Å². The fraction of sp³-hybridized carbons (Fsp3) is 0.600. The van der Waals surface area contributed by atoms with Crippen LogP contribution in [-0.2, 0) is 22.6 Å². The Morgan fingerprint density at radius 1 is 1.52 bits per heavy atom. The van der Waals surface area contributed by atoms with Crippen LogP contribution in [0.4, 0.5) is 4.79 Å². The summed E-state index contributed by atoms with van der Waals surface area (Å²) in [5.41, 5.74) is -0.909. The maximum Gasteiger partial charge on any atom is 0.325 e. The molecule has 2 aliphatic heterocycles. The summed E-state index contributed by atoms with van der Waals surface area (Å²) in [7, 11) is 0. The zero-order chi connectivity index (χ0) is 16.6. The number of rotatable bonds is 4. The first kappa shape index (κ1) is 15.5.